The van der Waals surface area contributed by atoms with Crippen molar-refractivity contribution in [3.8, 4) is 0 Å². The summed E-state index contributed by atoms with van der Waals surface area (Å²) in [5.74, 6) is 1.33. The topological polar surface area (TPSA) is 55.5 Å². The monoisotopic (exact) mass is 183 g/mol. The van der Waals surface area contributed by atoms with Crippen LogP contribution in [0.15, 0.2) is 0 Å². The Morgan fingerprint density at radius 1 is 1.31 bits per heavy atom. The van der Waals surface area contributed by atoms with Gasteiger partial charge in [-0.1, -0.05) is 6.42 Å². The number of rotatable bonds is 1. The molecular weight excluding hydrogens is 166 g/mol. The summed E-state index contributed by atoms with van der Waals surface area (Å²) in [6, 6.07) is 0. The lowest BCUT2D eigenvalue weighted by molar-refractivity contribution is -0.223. The average molecular weight is 183 g/mol. The SMILES string of the molecule is NC1(C2(O)COC2)CC2CCC1C2. The van der Waals surface area contributed by atoms with Crippen molar-refractivity contribution < 1.29 is 9.84 Å². The highest BCUT2D eigenvalue weighted by Gasteiger charge is 2.62. The summed E-state index contributed by atoms with van der Waals surface area (Å²) >= 11 is 0. The number of hydrogen-bond donors (Lipinski definition) is 2. The van der Waals surface area contributed by atoms with Gasteiger partial charge in [0, 0.05) is 0 Å². The van der Waals surface area contributed by atoms with Crippen LogP contribution in [0, 0.1) is 11.8 Å². The van der Waals surface area contributed by atoms with E-state index in [0.717, 1.165) is 12.3 Å². The predicted molar refractivity (Wildman–Crippen MR) is 48.1 cm³/mol. The summed E-state index contributed by atoms with van der Waals surface area (Å²) < 4.78 is 5.09. The molecule has 0 amide bonds. The molecule has 0 aromatic heterocycles. The third-order valence-corrected chi connectivity index (χ3v) is 4.44. The molecule has 3 heteroatoms. The largest absolute Gasteiger partial charge is 0.383 e. The number of aliphatic hydroxyl groups is 1. The zero-order valence-corrected chi connectivity index (χ0v) is 7.83. The minimum absolute atomic E-state index is 0.325. The van der Waals surface area contributed by atoms with Crippen LogP contribution in [-0.2, 0) is 4.74 Å². The predicted octanol–water partition coefficient (Wildman–Crippen LogP) is 0.265. The van der Waals surface area contributed by atoms with Crippen molar-refractivity contribution in [1.82, 2.24) is 0 Å². The molecule has 74 valence electrons. The van der Waals surface area contributed by atoms with Crippen LogP contribution in [0.1, 0.15) is 25.7 Å². The molecular formula is C10H17NO2. The zero-order valence-electron chi connectivity index (χ0n) is 7.83. The van der Waals surface area contributed by atoms with E-state index in [1.165, 1.54) is 19.3 Å². The molecule has 0 spiro atoms. The molecule has 2 aliphatic carbocycles. The lowest BCUT2D eigenvalue weighted by Crippen LogP contribution is -2.72. The van der Waals surface area contributed by atoms with Crippen LogP contribution in [0.2, 0.25) is 0 Å². The van der Waals surface area contributed by atoms with Gasteiger partial charge >= 0.3 is 0 Å². The molecule has 2 bridgehead atoms. The van der Waals surface area contributed by atoms with Gasteiger partial charge in [-0.05, 0) is 31.1 Å². The van der Waals surface area contributed by atoms with E-state index in [-0.39, 0.29) is 5.54 Å². The van der Waals surface area contributed by atoms with Crippen LogP contribution in [0.5, 0.6) is 0 Å². The molecule has 3 unspecified atom stereocenters. The smallest absolute Gasteiger partial charge is 0.129 e. The van der Waals surface area contributed by atoms with E-state index in [1.807, 2.05) is 0 Å². The van der Waals surface area contributed by atoms with E-state index in [0.29, 0.717) is 19.1 Å². The summed E-state index contributed by atoms with van der Waals surface area (Å²) in [5, 5.41) is 10.2. The standard InChI is InChI=1S/C10H17NO2/c11-10(9(12)5-13-6-9)4-7-1-2-8(10)3-7/h7-8,12H,1-6,11H2. The molecule has 3 atom stereocenters. The van der Waals surface area contributed by atoms with Gasteiger partial charge in [0.1, 0.15) is 5.60 Å². The fraction of sp³-hybridized carbons (Fsp3) is 1.00. The average Bonchev–Trinajstić information content (AvgIpc) is 2.59. The maximum atomic E-state index is 10.2. The molecule has 0 radical (unpaired) electrons. The molecule has 0 aromatic rings. The van der Waals surface area contributed by atoms with Crippen LogP contribution in [0.4, 0.5) is 0 Å². The normalized spacial score (nSPS) is 52.2. The molecule has 3 fully saturated rings. The van der Waals surface area contributed by atoms with Gasteiger partial charge in [0.15, 0.2) is 0 Å². The third kappa shape index (κ3) is 0.853. The Bertz CT molecular complexity index is 239. The lowest BCUT2D eigenvalue weighted by atomic mass is 9.68. The summed E-state index contributed by atoms with van der Waals surface area (Å²) in [6.07, 6.45) is 4.78. The van der Waals surface area contributed by atoms with Crippen molar-refractivity contribution in [2.24, 2.45) is 17.6 Å². The quantitative estimate of drug-likeness (QED) is 0.613. The first-order valence-corrected chi connectivity index (χ1v) is 5.23. The Morgan fingerprint density at radius 2 is 2.08 bits per heavy atom. The van der Waals surface area contributed by atoms with Crippen LogP contribution < -0.4 is 5.73 Å². The molecule has 3 N–H and O–H groups in total. The first-order valence-electron chi connectivity index (χ1n) is 5.23. The molecule has 1 saturated heterocycles. The van der Waals surface area contributed by atoms with E-state index >= 15 is 0 Å². The molecule has 2 saturated carbocycles. The van der Waals surface area contributed by atoms with Crippen molar-refractivity contribution in [1.29, 1.82) is 0 Å². The summed E-state index contributed by atoms with van der Waals surface area (Å²) in [7, 11) is 0. The minimum Gasteiger partial charge on any atom is -0.383 e. The maximum Gasteiger partial charge on any atom is 0.129 e. The summed E-state index contributed by atoms with van der Waals surface area (Å²) in [6.45, 7) is 0.902. The van der Waals surface area contributed by atoms with Crippen molar-refractivity contribution in [3.05, 3.63) is 0 Å². The summed E-state index contributed by atoms with van der Waals surface area (Å²) in [4.78, 5) is 0. The van der Waals surface area contributed by atoms with Crippen molar-refractivity contribution in [3.63, 3.8) is 0 Å². The van der Waals surface area contributed by atoms with Gasteiger partial charge in [-0.25, -0.2) is 0 Å². The second-order valence-electron chi connectivity index (χ2n) is 5.14. The van der Waals surface area contributed by atoms with Gasteiger partial charge < -0.3 is 15.6 Å². The highest BCUT2D eigenvalue weighted by Crippen LogP contribution is 2.54. The molecule has 1 heterocycles. The van der Waals surface area contributed by atoms with Crippen molar-refractivity contribution in [2.75, 3.05) is 13.2 Å². The third-order valence-electron chi connectivity index (χ3n) is 4.44. The van der Waals surface area contributed by atoms with E-state index in [4.69, 9.17) is 10.5 Å². The fourth-order valence-corrected chi connectivity index (χ4v) is 3.51. The van der Waals surface area contributed by atoms with Gasteiger partial charge in [0.25, 0.3) is 0 Å². The van der Waals surface area contributed by atoms with Gasteiger partial charge in [0.2, 0.25) is 0 Å². The molecule has 3 aliphatic rings. The Hall–Kier alpha value is -0.120. The second-order valence-corrected chi connectivity index (χ2v) is 5.14. The highest BCUT2D eigenvalue weighted by molar-refractivity contribution is 5.17. The Balaban J connectivity index is 1.89. The van der Waals surface area contributed by atoms with Gasteiger partial charge in [0.05, 0.1) is 18.8 Å². The lowest BCUT2D eigenvalue weighted by Gasteiger charge is -2.52. The van der Waals surface area contributed by atoms with E-state index < -0.39 is 5.60 Å². The van der Waals surface area contributed by atoms with Crippen LogP contribution in [0.3, 0.4) is 0 Å². The molecule has 0 aromatic carbocycles. The van der Waals surface area contributed by atoms with Crippen molar-refractivity contribution in [2.45, 2.75) is 36.8 Å². The van der Waals surface area contributed by atoms with E-state index in [9.17, 15) is 5.11 Å². The van der Waals surface area contributed by atoms with E-state index in [1.54, 1.807) is 0 Å². The number of nitrogens with two attached hydrogens (primary N) is 1. The molecule has 1 aliphatic heterocycles. The molecule has 13 heavy (non-hydrogen) atoms. The Labute approximate surface area is 78.3 Å². The first kappa shape index (κ1) is 8.21. The van der Waals surface area contributed by atoms with Crippen LogP contribution in [0.25, 0.3) is 0 Å². The van der Waals surface area contributed by atoms with Gasteiger partial charge in [-0.15, -0.1) is 0 Å². The minimum atomic E-state index is -0.702. The Kier molecular flexibility index (Phi) is 1.43. The number of hydrogen-bond acceptors (Lipinski definition) is 3. The Morgan fingerprint density at radius 3 is 2.46 bits per heavy atom. The van der Waals surface area contributed by atoms with E-state index in [2.05, 4.69) is 0 Å². The molecule has 3 rings (SSSR count). The number of fused-ring (bicyclic) bond motifs is 2. The maximum absolute atomic E-state index is 10.2. The zero-order chi connectivity index (χ0) is 9.10. The summed E-state index contributed by atoms with van der Waals surface area (Å²) in [5.41, 5.74) is 5.33. The second kappa shape index (κ2) is 2.27. The molecule has 3 nitrogen and oxygen atoms in total. The fourth-order valence-electron chi connectivity index (χ4n) is 3.51. The van der Waals surface area contributed by atoms with Crippen LogP contribution >= 0.6 is 0 Å². The first-order chi connectivity index (χ1) is 6.14. The van der Waals surface area contributed by atoms with Crippen molar-refractivity contribution >= 4 is 0 Å². The van der Waals surface area contributed by atoms with Gasteiger partial charge in [-0.2, -0.15) is 0 Å². The number of ether oxygens (including phenoxy) is 1. The van der Waals surface area contributed by atoms with Gasteiger partial charge in [-0.3, -0.25) is 0 Å². The highest BCUT2D eigenvalue weighted by atomic mass is 16.5. The van der Waals surface area contributed by atoms with Crippen LogP contribution in [-0.4, -0.2) is 29.5 Å².